The van der Waals surface area contributed by atoms with E-state index in [4.69, 9.17) is 10.5 Å². The number of amides is 1. The SMILES string of the molecule is CCOC1CC(N)(C(=O)N(C)CC2CC(O)C2)C1(C)C. The molecule has 0 bridgehead atoms. The van der Waals surface area contributed by atoms with Crippen molar-refractivity contribution in [3.8, 4) is 0 Å². The minimum atomic E-state index is -0.829. The quantitative estimate of drug-likeness (QED) is 0.781. The molecule has 0 saturated heterocycles. The number of hydrogen-bond acceptors (Lipinski definition) is 4. The molecule has 116 valence electrons. The average molecular weight is 284 g/mol. The number of carbonyl (C=O) groups is 1. The van der Waals surface area contributed by atoms with Crippen LogP contribution in [0.2, 0.25) is 0 Å². The summed E-state index contributed by atoms with van der Waals surface area (Å²) in [5.74, 6) is 0.410. The first-order valence-electron chi connectivity index (χ1n) is 7.56. The molecule has 0 aliphatic heterocycles. The molecule has 2 atom stereocenters. The highest BCUT2D eigenvalue weighted by Crippen LogP contribution is 2.50. The van der Waals surface area contributed by atoms with Gasteiger partial charge in [0.25, 0.3) is 0 Å². The maximum Gasteiger partial charge on any atom is 0.243 e. The molecule has 0 spiro atoms. The number of likely N-dealkylation sites (N-methyl/N-ethyl adjacent to an activating group) is 1. The first kappa shape index (κ1) is 15.7. The van der Waals surface area contributed by atoms with Crippen molar-refractivity contribution in [2.75, 3.05) is 20.2 Å². The van der Waals surface area contributed by atoms with Crippen LogP contribution in [-0.4, -0.2) is 53.9 Å². The molecule has 0 aromatic carbocycles. The second-order valence-corrected chi connectivity index (χ2v) is 7.02. The fourth-order valence-corrected chi connectivity index (χ4v) is 3.46. The van der Waals surface area contributed by atoms with Crippen molar-refractivity contribution < 1.29 is 14.6 Å². The number of aliphatic hydroxyl groups is 1. The van der Waals surface area contributed by atoms with E-state index >= 15 is 0 Å². The summed E-state index contributed by atoms with van der Waals surface area (Å²) in [5.41, 5.74) is 5.22. The molecule has 5 nitrogen and oxygen atoms in total. The van der Waals surface area contributed by atoms with E-state index in [1.54, 1.807) is 4.90 Å². The van der Waals surface area contributed by atoms with Crippen molar-refractivity contribution in [1.29, 1.82) is 0 Å². The lowest BCUT2D eigenvalue weighted by Gasteiger charge is -2.58. The minimum absolute atomic E-state index is 0.000146. The predicted octanol–water partition coefficient (Wildman–Crippen LogP) is 0.748. The topological polar surface area (TPSA) is 75.8 Å². The van der Waals surface area contributed by atoms with Gasteiger partial charge in [-0.05, 0) is 25.7 Å². The third-order valence-corrected chi connectivity index (χ3v) is 5.30. The van der Waals surface area contributed by atoms with Gasteiger partial charge in [-0.2, -0.15) is 0 Å². The smallest absolute Gasteiger partial charge is 0.243 e. The van der Waals surface area contributed by atoms with E-state index in [0.717, 1.165) is 12.8 Å². The molecule has 0 heterocycles. The summed E-state index contributed by atoms with van der Waals surface area (Å²) in [6, 6.07) is 0. The lowest BCUT2D eigenvalue weighted by molar-refractivity contribution is -0.179. The average Bonchev–Trinajstić information content (AvgIpc) is 2.35. The largest absolute Gasteiger partial charge is 0.393 e. The standard InChI is InChI=1S/C15H28N2O3/c1-5-20-12-8-15(16,14(12,2)3)13(19)17(4)9-10-6-11(18)7-10/h10-12,18H,5-9,16H2,1-4H3. The van der Waals surface area contributed by atoms with Crippen LogP contribution in [0.25, 0.3) is 0 Å². The number of nitrogens with two attached hydrogens (primary N) is 1. The normalized spacial score (nSPS) is 38.8. The zero-order chi connectivity index (χ0) is 15.1. The summed E-state index contributed by atoms with van der Waals surface area (Å²) in [4.78, 5) is 14.4. The van der Waals surface area contributed by atoms with E-state index in [-0.39, 0.29) is 23.5 Å². The molecule has 20 heavy (non-hydrogen) atoms. The van der Waals surface area contributed by atoms with Crippen LogP contribution in [0.4, 0.5) is 0 Å². The molecule has 1 amide bonds. The van der Waals surface area contributed by atoms with Crippen LogP contribution in [0.1, 0.15) is 40.0 Å². The molecule has 2 rings (SSSR count). The van der Waals surface area contributed by atoms with Gasteiger partial charge >= 0.3 is 0 Å². The molecule has 0 radical (unpaired) electrons. The third-order valence-electron chi connectivity index (χ3n) is 5.30. The van der Waals surface area contributed by atoms with Gasteiger partial charge in [0.15, 0.2) is 0 Å². The third kappa shape index (κ3) is 2.36. The van der Waals surface area contributed by atoms with Gasteiger partial charge in [0.1, 0.15) is 5.54 Å². The van der Waals surface area contributed by atoms with E-state index < -0.39 is 5.54 Å². The van der Waals surface area contributed by atoms with Crippen molar-refractivity contribution >= 4 is 5.91 Å². The Morgan fingerprint density at radius 1 is 1.45 bits per heavy atom. The van der Waals surface area contributed by atoms with Crippen molar-refractivity contribution in [3.63, 3.8) is 0 Å². The van der Waals surface area contributed by atoms with E-state index in [1.165, 1.54) is 0 Å². The number of nitrogens with zero attached hydrogens (tertiary/aromatic N) is 1. The zero-order valence-corrected chi connectivity index (χ0v) is 13.1. The molecule has 3 N–H and O–H groups in total. The first-order valence-corrected chi connectivity index (χ1v) is 7.56. The second kappa shape index (κ2) is 5.28. The van der Waals surface area contributed by atoms with Gasteiger partial charge in [-0.25, -0.2) is 0 Å². The Labute approximate surface area is 121 Å². The van der Waals surface area contributed by atoms with E-state index in [9.17, 15) is 9.90 Å². The monoisotopic (exact) mass is 284 g/mol. The van der Waals surface area contributed by atoms with E-state index in [2.05, 4.69) is 0 Å². The summed E-state index contributed by atoms with van der Waals surface area (Å²) >= 11 is 0. The number of hydrogen-bond donors (Lipinski definition) is 2. The Morgan fingerprint density at radius 3 is 2.50 bits per heavy atom. The van der Waals surface area contributed by atoms with Gasteiger partial charge in [-0.15, -0.1) is 0 Å². The van der Waals surface area contributed by atoms with Gasteiger partial charge in [0.2, 0.25) is 5.91 Å². The highest BCUT2D eigenvalue weighted by molar-refractivity contribution is 5.88. The molecule has 2 unspecified atom stereocenters. The summed E-state index contributed by atoms with van der Waals surface area (Å²) in [5, 5.41) is 9.32. The minimum Gasteiger partial charge on any atom is -0.393 e. The molecular formula is C15H28N2O3. The molecule has 2 saturated carbocycles. The maximum atomic E-state index is 12.7. The summed E-state index contributed by atoms with van der Waals surface area (Å²) < 4.78 is 5.66. The van der Waals surface area contributed by atoms with Crippen molar-refractivity contribution in [3.05, 3.63) is 0 Å². The Kier molecular flexibility index (Phi) is 4.15. The second-order valence-electron chi connectivity index (χ2n) is 7.02. The first-order chi connectivity index (χ1) is 9.22. The van der Waals surface area contributed by atoms with Gasteiger partial charge in [-0.3, -0.25) is 4.79 Å². The van der Waals surface area contributed by atoms with Crippen molar-refractivity contribution in [2.45, 2.75) is 57.8 Å². The van der Waals surface area contributed by atoms with Crippen LogP contribution in [0.3, 0.4) is 0 Å². The van der Waals surface area contributed by atoms with Gasteiger partial charge in [0, 0.05) is 32.0 Å². The lowest BCUT2D eigenvalue weighted by atomic mass is 9.54. The zero-order valence-electron chi connectivity index (χ0n) is 13.1. The summed E-state index contributed by atoms with van der Waals surface area (Å²) in [6.45, 7) is 7.31. The molecular weight excluding hydrogens is 256 g/mol. The fraction of sp³-hybridized carbons (Fsp3) is 0.933. The van der Waals surface area contributed by atoms with Crippen LogP contribution in [-0.2, 0) is 9.53 Å². The lowest BCUT2D eigenvalue weighted by Crippen LogP contribution is -2.76. The van der Waals surface area contributed by atoms with E-state index in [0.29, 0.717) is 25.5 Å². The van der Waals surface area contributed by atoms with Crippen molar-refractivity contribution in [2.24, 2.45) is 17.1 Å². The molecule has 0 aromatic heterocycles. The van der Waals surface area contributed by atoms with Gasteiger partial charge in [0.05, 0.1) is 12.2 Å². The number of aliphatic hydroxyl groups excluding tert-OH is 1. The summed E-state index contributed by atoms with van der Waals surface area (Å²) in [6.07, 6.45) is 2.04. The van der Waals surface area contributed by atoms with Crippen molar-refractivity contribution in [1.82, 2.24) is 4.90 Å². The van der Waals surface area contributed by atoms with Crippen LogP contribution in [0.5, 0.6) is 0 Å². The molecule has 2 aliphatic rings. The molecule has 0 aromatic rings. The number of carbonyl (C=O) groups excluding carboxylic acids is 1. The maximum absolute atomic E-state index is 12.7. The predicted molar refractivity (Wildman–Crippen MR) is 77.1 cm³/mol. The fourth-order valence-electron chi connectivity index (χ4n) is 3.46. The van der Waals surface area contributed by atoms with Gasteiger partial charge in [-0.1, -0.05) is 13.8 Å². The molecule has 5 heteroatoms. The van der Waals surface area contributed by atoms with E-state index in [1.807, 2.05) is 27.8 Å². The molecule has 2 aliphatic carbocycles. The number of ether oxygens (including phenoxy) is 1. The highest BCUT2D eigenvalue weighted by Gasteiger charge is 2.63. The van der Waals surface area contributed by atoms with Crippen LogP contribution < -0.4 is 5.73 Å². The highest BCUT2D eigenvalue weighted by atomic mass is 16.5. The Bertz CT molecular complexity index is 379. The summed E-state index contributed by atoms with van der Waals surface area (Å²) in [7, 11) is 1.81. The van der Waals surface area contributed by atoms with Gasteiger partial charge < -0.3 is 20.5 Å². The number of rotatable bonds is 5. The van der Waals surface area contributed by atoms with Crippen LogP contribution in [0, 0.1) is 11.3 Å². The Morgan fingerprint density at radius 2 is 2.05 bits per heavy atom. The van der Waals surface area contributed by atoms with Crippen LogP contribution in [0.15, 0.2) is 0 Å². The Hall–Kier alpha value is -0.650. The molecule has 2 fully saturated rings. The van der Waals surface area contributed by atoms with Crippen LogP contribution >= 0.6 is 0 Å². The Balaban J connectivity index is 1.94.